The van der Waals surface area contributed by atoms with E-state index in [1.54, 1.807) is 11.3 Å². The van der Waals surface area contributed by atoms with Gasteiger partial charge in [0.25, 0.3) is 0 Å². The summed E-state index contributed by atoms with van der Waals surface area (Å²) in [4.78, 5) is 8.84. The summed E-state index contributed by atoms with van der Waals surface area (Å²) in [5.74, 6) is 0.796. The van der Waals surface area contributed by atoms with Crippen LogP contribution in [-0.2, 0) is 0 Å². The van der Waals surface area contributed by atoms with Crippen LogP contribution in [0.2, 0.25) is 0 Å². The second-order valence-corrected chi connectivity index (χ2v) is 5.00. The van der Waals surface area contributed by atoms with Crippen molar-refractivity contribution in [1.29, 1.82) is 0 Å². The van der Waals surface area contributed by atoms with Crippen LogP contribution in [0, 0.1) is 0 Å². The van der Waals surface area contributed by atoms with Crippen LogP contribution in [0.1, 0.15) is 17.4 Å². The fourth-order valence-corrected chi connectivity index (χ4v) is 2.56. The number of benzene rings is 1. The van der Waals surface area contributed by atoms with Crippen LogP contribution in [0.3, 0.4) is 0 Å². The standard InChI is InChI=1S/C14H13N3S/c15-13(10-5-2-1-3-6-10)14-16-9-11(17-14)12-7-4-8-18-12/h1-9,13H,15H2,(H,16,17). The molecule has 3 rings (SSSR count). The van der Waals surface area contributed by atoms with Crippen LogP contribution >= 0.6 is 11.3 Å². The minimum absolute atomic E-state index is 0.208. The van der Waals surface area contributed by atoms with Crippen molar-refractivity contribution in [2.24, 2.45) is 5.73 Å². The lowest BCUT2D eigenvalue weighted by Gasteiger charge is -2.08. The Morgan fingerprint density at radius 2 is 1.94 bits per heavy atom. The lowest BCUT2D eigenvalue weighted by molar-refractivity contribution is 0.801. The van der Waals surface area contributed by atoms with Gasteiger partial charge in [0.15, 0.2) is 0 Å². The smallest absolute Gasteiger partial charge is 0.128 e. The van der Waals surface area contributed by atoms with E-state index in [9.17, 15) is 0 Å². The van der Waals surface area contributed by atoms with Crippen LogP contribution in [0.25, 0.3) is 10.6 Å². The van der Waals surface area contributed by atoms with E-state index in [1.807, 2.05) is 48.0 Å². The predicted molar refractivity (Wildman–Crippen MR) is 74.4 cm³/mol. The Morgan fingerprint density at radius 3 is 2.67 bits per heavy atom. The summed E-state index contributed by atoms with van der Waals surface area (Å²) < 4.78 is 0. The number of imidazole rings is 1. The first kappa shape index (κ1) is 11.2. The van der Waals surface area contributed by atoms with E-state index in [0.717, 1.165) is 17.1 Å². The highest BCUT2D eigenvalue weighted by Crippen LogP contribution is 2.25. The highest BCUT2D eigenvalue weighted by atomic mass is 32.1. The van der Waals surface area contributed by atoms with Gasteiger partial charge < -0.3 is 10.7 Å². The third-order valence-electron chi connectivity index (χ3n) is 2.84. The summed E-state index contributed by atoms with van der Waals surface area (Å²) in [6.45, 7) is 0. The third-order valence-corrected chi connectivity index (χ3v) is 3.74. The topological polar surface area (TPSA) is 54.7 Å². The molecular weight excluding hydrogens is 242 g/mol. The van der Waals surface area contributed by atoms with Crippen molar-refractivity contribution in [2.45, 2.75) is 6.04 Å². The molecule has 0 radical (unpaired) electrons. The zero-order chi connectivity index (χ0) is 12.4. The molecule has 3 aromatic rings. The quantitative estimate of drug-likeness (QED) is 0.755. The Balaban J connectivity index is 1.90. The lowest BCUT2D eigenvalue weighted by atomic mass is 10.1. The number of thiophene rings is 1. The number of nitrogens with one attached hydrogen (secondary N) is 1. The SMILES string of the molecule is NC(c1ccccc1)c1ncc(-c2cccs2)[nH]1. The summed E-state index contributed by atoms with van der Waals surface area (Å²) in [5, 5.41) is 2.05. The minimum Gasteiger partial charge on any atom is -0.340 e. The number of H-pyrrole nitrogens is 1. The molecule has 0 saturated heterocycles. The fourth-order valence-electron chi connectivity index (χ4n) is 1.87. The number of nitrogens with two attached hydrogens (primary N) is 1. The van der Waals surface area contributed by atoms with Gasteiger partial charge in [-0.2, -0.15) is 0 Å². The second kappa shape index (κ2) is 4.76. The molecule has 90 valence electrons. The molecule has 2 aromatic heterocycles. The monoisotopic (exact) mass is 255 g/mol. The largest absolute Gasteiger partial charge is 0.340 e. The van der Waals surface area contributed by atoms with Gasteiger partial charge in [0.1, 0.15) is 5.82 Å². The summed E-state index contributed by atoms with van der Waals surface area (Å²) >= 11 is 1.68. The molecule has 1 unspecified atom stereocenters. The maximum atomic E-state index is 6.19. The summed E-state index contributed by atoms with van der Waals surface area (Å²) in [7, 11) is 0. The van der Waals surface area contributed by atoms with Gasteiger partial charge in [-0.25, -0.2) is 4.98 Å². The van der Waals surface area contributed by atoms with Crippen molar-refractivity contribution in [3.05, 3.63) is 65.4 Å². The van der Waals surface area contributed by atoms with Crippen LogP contribution in [-0.4, -0.2) is 9.97 Å². The van der Waals surface area contributed by atoms with Crippen LogP contribution in [0.4, 0.5) is 0 Å². The van der Waals surface area contributed by atoms with E-state index in [4.69, 9.17) is 5.73 Å². The van der Waals surface area contributed by atoms with E-state index in [2.05, 4.69) is 16.0 Å². The van der Waals surface area contributed by atoms with Crippen molar-refractivity contribution in [1.82, 2.24) is 9.97 Å². The highest BCUT2D eigenvalue weighted by Gasteiger charge is 2.13. The van der Waals surface area contributed by atoms with Gasteiger partial charge in [-0.3, -0.25) is 0 Å². The number of aromatic amines is 1. The zero-order valence-corrected chi connectivity index (χ0v) is 10.5. The Hall–Kier alpha value is -1.91. The maximum Gasteiger partial charge on any atom is 0.128 e. The molecule has 1 atom stereocenters. The van der Waals surface area contributed by atoms with Gasteiger partial charge in [0, 0.05) is 0 Å². The first-order valence-electron chi connectivity index (χ1n) is 5.74. The molecule has 0 bridgehead atoms. The second-order valence-electron chi connectivity index (χ2n) is 4.05. The summed E-state index contributed by atoms with van der Waals surface area (Å²) in [6, 6.07) is 13.9. The van der Waals surface area contributed by atoms with Gasteiger partial charge in [0.2, 0.25) is 0 Å². The van der Waals surface area contributed by atoms with Gasteiger partial charge in [-0.1, -0.05) is 36.4 Å². The fraction of sp³-hybridized carbons (Fsp3) is 0.0714. The van der Waals surface area contributed by atoms with Crippen molar-refractivity contribution < 1.29 is 0 Å². The Morgan fingerprint density at radius 1 is 1.11 bits per heavy atom. The van der Waals surface area contributed by atoms with Gasteiger partial charge in [-0.05, 0) is 17.0 Å². The normalized spacial score (nSPS) is 12.5. The first-order chi connectivity index (χ1) is 8.84. The Kier molecular flexibility index (Phi) is 2.96. The van der Waals surface area contributed by atoms with E-state index in [0.29, 0.717) is 0 Å². The van der Waals surface area contributed by atoms with Crippen molar-refractivity contribution >= 4 is 11.3 Å². The molecular formula is C14H13N3S. The summed E-state index contributed by atoms with van der Waals surface area (Å²) in [5.41, 5.74) is 8.27. The average molecular weight is 255 g/mol. The van der Waals surface area contributed by atoms with E-state index in [-0.39, 0.29) is 6.04 Å². The number of aromatic nitrogens is 2. The molecule has 18 heavy (non-hydrogen) atoms. The number of hydrogen-bond donors (Lipinski definition) is 2. The van der Waals surface area contributed by atoms with Gasteiger partial charge >= 0.3 is 0 Å². The van der Waals surface area contributed by atoms with Crippen molar-refractivity contribution in [3.63, 3.8) is 0 Å². The number of rotatable bonds is 3. The van der Waals surface area contributed by atoms with Gasteiger partial charge in [-0.15, -0.1) is 11.3 Å². The van der Waals surface area contributed by atoms with Crippen molar-refractivity contribution in [3.8, 4) is 10.6 Å². The summed E-state index contributed by atoms with van der Waals surface area (Å²) in [6.07, 6.45) is 1.84. The van der Waals surface area contributed by atoms with E-state index in [1.165, 1.54) is 4.88 Å². The van der Waals surface area contributed by atoms with Gasteiger partial charge in [0.05, 0.1) is 22.8 Å². The molecule has 4 heteroatoms. The molecule has 0 saturated carbocycles. The molecule has 0 spiro atoms. The Labute approximate surface area is 109 Å². The third kappa shape index (κ3) is 2.08. The molecule has 0 aliphatic rings. The predicted octanol–water partition coefficient (Wildman–Crippen LogP) is 3.19. The molecule has 0 aliphatic carbocycles. The molecule has 2 heterocycles. The number of nitrogens with zero attached hydrogens (tertiary/aromatic N) is 1. The van der Waals surface area contributed by atoms with Crippen LogP contribution in [0.5, 0.6) is 0 Å². The zero-order valence-electron chi connectivity index (χ0n) is 9.71. The van der Waals surface area contributed by atoms with E-state index >= 15 is 0 Å². The molecule has 0 amide bonds. The molecule has 3 N–H and O–H groups in total. The lowest BCUT2D eigenvalue weighted by Crippen LogP contribution is -2.13. The van der Waals surface area contributed by atoms with E-state index < -0.39 is 0 Å². The molecule has 0 fully saturated rings. The molecule has 1 aromatic carbocycles. The van der Waals surface area contributed by atoms with Crippen LogP contribution in [0.15, 0.2) is 54.0 Å². The molecule has 0 aliphatic heterocycles. The first-order valence-corrected chi connectivity index (χ1v) is 6.62. The maximum absolute atomic E-state index is 6.19. The number of hydrogen-bond acceptors (Lipinski definition) is 3. The average Bonchev–Trinajstić information content (AvgIpc) is 3.09. The highest BCUT2D eigenvalue weighted by molar-refractivity contribution is 7.13. The Bertz CT molecular complexity index is 614. The molecule has 3 nitrogen and oxygen atoms in total. The van der Waals surface area contributed by atoms with Crippen molar-refractivity contribution in [2.75, 3.05) is 0 Å². The van der Waals surface area contributed by atoms with Crippen LogP contribution < -0.4 is 5.73 Å². The minimum atomic E-state index is -0.208.